The number of amides is 1. The van der Waals surface area contributed by atoms with E-state index < -0.39 is 24.2 Å². The molecule has 5 nitrogen and oxygen atoms in total. The van der Waals surface area contributed by atoms with Crippen molar-refractivity contribution in [2.75, 3.05) is 6.61 Å². The fraction of sp³-hybridized carbons (Fsp3) is 0.863. The van der Waals surface area contributed by atoms with Crippen LogP contribution in [0.1, 0.15) is 258 Å². The van der Waals surface area contributed by atoms with Gasteiger partial charge in [0.25, 0.3) is 0 Å². The Labute approximate surface area is 349 Å². The largest absolute Gasteiger partial charge is 0.394 e. The summed E-state index contributed by atoms with van der Waals surface area (Å²) in [5, 5.41) is 33.2. The number of nitrogens with one attached hydrogen (secondary N) is 1. The number of carbonyl (C=O) groups is 1. The molecule has 4 N–H and O–H groups in total. The highest BCUT2D eigenvalue weighted by atomic mass is 16.3. The second-order valence-corrected chi connectivity index (χ2v) is 17.0. The molecule has 0 saturated carbocycles. The third kappa shape index (κ3) is 40.8. The molecule has 0 aromatic carbocycles. The van der Waals surface area contributed by atoms with Gasteiger partial charge in [0.15, 0.2) is 0 Å². The second-order valence-electron chi connectivity index (χ2n) is 17.0. The van der Waals surface area contributed by atoms with Gasteiger partial charge in [-0.2, -0.15) is 0 Å². The molecule has 0 aromatic heterocycles. The Hall–Kier alpha value is -1.43. The van der Waals surface area contributed by atoms with E-state index in [-0.39, 0.29) is 6.61 Å². The van der Waals surface area contributed by atoms with Crippen LogP contribution in [0.15, 0.2) is 36.5 Å². The topological polar surface area (TPSA) is 89.8 Å². The molecule has 3 unspecified atom stereocenters. The zero-order valence-corrected chi connectivity index (χ0v) is 37.5. The van der Waals surface area contributed by atoms with Crippen molar-refractivity contribution in [3.05, 3.63) is 36.5 Å². The van der Waals surface area contributed by atoms with Crippen LogP contribution in [0.2, 0.25) is 0 Å². The monoisotopic (exact) mass is 788 g/mol. The highest BCUT2D eigenvalue weighted by Gasteiger charge is 2.22. The first-order valence-electron chi connectivity index (χ1n) is 24.8. The predicted molar refractivity (Wildman–Crippen MR) is 245 cm³/mol. The summed E-state index contributed by atoms with van der Waals surface area (Å²) in [5.74, 6) is -0.516. The van der Waals surface area contributed by atoms with Crippen molar-refractivity contribution < 1.29 is 20.1 Å². The molecule has 0 radical (unpaired) electrons. The van der Waals surface area contributed by atoms with E-state index in [0.29, 0.717) is 6.42 Å². The maximum Gasteiger partial charge on any atom is 0.249 e. The fourth-order valence-electron chi connectivity index (χ4n) is 7.55. The van der Waals surface area contributed by atoms with E-state index >= 15 is 0 Å². The van der Waals surface area contributed by atoms with Gasteiger partial charge in [0.2, 0.25) is 5.91 Å². The number of hydrogen-bond acceptors (Lipinski definition) is 4. The third-order valence-corrected chi connectivity index (χ3v) is 11.5. The first-order valence-corrected chi connectivity index (χ1v) is 24.8. The Balaban J connectivity index is 3.67. The van der Waals surface area contributed by atoms with Gasteiger partial charge >= 0.3 is 0 Å². The van der Waals surface area contributed by atoms with Gasteiger partial charge in [-0.05, 0) is 57.8 Å². The van der Waals surface area contributed by atoms with Gasteiger partial charge in [-0.25, -0.2) is 0 Å². The van der Waals surface area contributed by atoms with Crippen LogP contribution in [0.4, 0.5) is 0 Å². The fourth-order valence-corrected chi connectivity index (χ4v) is 7.55. The molecule has 0 aromatic rings. The molecule has 0 saturated heterocycles. The van der Waals surface area contributed by atoms with Crippen molar-refractivity contribution in [2.24, 2.45) is 0 Å². The number of allylic oxidation sites excluding steroid dienone is 5. The van der Waals surface area contributed by atoms with Gasteiger partial charge < -0.3 is 20.6 Å². The molecular formula is C51H97NO4. The first-order chi connectivity index (χ1) is 27.6. The summed E-state index contributed by atoms with van der Waals surface area (Å²) in [5.41, 5.74) is 0. The van der Waals surface area contributed by atoms with E-state index in [1.54, 1.807) is 6.08 Å². The standard InChI is InChI=1S/C51H97NO4/c1-3-5-7-9-11-13-15-17-19-21-23-24-25-26-28-29-31-33-35-37-39-41-43-45-49(54)48(47-53)52-51(56)50(55)46-44-42-40-38-36-34-32-30-27-22-20-18-16-14-12-10-8-6-4-2/h27,30,35,37,43,45,48-50,53-55H,3-26,28-29,31-34,36,38-42,44,46-47H2,1-2H3,(H,52,56)/b30-27-,37-35+,45-43+. The summed E-state index contributed by atoms with van der Waals surface area (Å²) < 4.78 is 0. The lowest BCUT2D eigenvalue weighted by atomic mass is 10.0. The van der Waals surface area contributed by atoms with Gasteiger partial charge in [0.1, 0.15) is 6.10 Å². The normalized spacial score (nSPS) is 13.7. The summed E-state index contributed by atoms with van der Waals surface area (Å²) in [6, 6.07) is -0.817. The summed E-state index contributed by atoms with van der Waals surface area (Å²) in [4.78, 5) is 12.5. The van der Waals surface area contributed by atoms with Crippen LogP contribution < -0.4 is 5.32 Å². The minimum absolute atomic E-state index is 0.377. The minimum atomic E-state index is -1.11. The summed E-state index contributed by atoms with van der Waals surface area (Å²) >= 11 is 0. The molecule has 5 heteroatoms. The van der Waals surface area contributed by atoms with Crippen LogP contribution in [0.5, 0.6) is 0 Å². The number of carbonyl (C=O) groups excluding carboxylic acids is 1. The van der Waals surface area contributed by atoms with Crippen LogP contribution in [-0.4, -0.2) is 46.1 Å². The number of aliphatic hydroxyl groups excluding tert-OH is 3. The zero-order chi connectivity index (χ0) is 40.8. The number of rotatable bonds is 45. The Bertz CT molecular complexity index is 870. The molecule has 1 amide bonds. The third-order valence-electron chi connectivity index (χ3n) is 11.5. The minimum Gasteiger partial charge on any atom is -0.394 e. The van der Waals surface area contributed by atoms with Crippen LogP contribution in [0, 0.1) is 0 Å². The Morgan fingerprint density at radius 2 is 0.732 bits per heavy atom. The Kier molecular flexibility index (Phi) is 45.1. The van der Waals surface area contributed by atoms with Gasteiger partial charge in [-0.1, -0.05) is 237 Å². The average Bonchev–Trinajstić information content (AvgIpc) is 3.20. The van der Waals surface area contributed by atoms with E-state index in [1.165, 1.54) is 199 Å². The smallest absolute Gasteiger partial charge is 0.249 e. The number of unbranched alkanes of at least 4 members (excludes halogenated alkanes) is 33. The van der Waals surface area contributed by atoms with Gasteiger partial charge in [0.05, 0.1) is 18.8 Å². The molecule has 0 rings (SSSR count). The van der Waals surface area contributed by atoms with E-state index in [1.807, 2.05) is 6.08 Å². The first kappa shape index (κ1) is 54.6. The highest BCUT2D eigenvalue weighted by molar-refractivity contribution is 5.80. The molecule has 0 aliphatic heterocycles. The molecule has 330 valence electrons. The molecule has 3 atom stereocenters. The lowest BCUT2D eigenvalue weighted by molar-refractivity contribution is -0.131. The molecule has 0 aliphatic rings. The van der Waals surface area contributed by atoms with Gasteiger partial charge in [0, 0.05) is 0 Å². The molecule has 56 heavy (non-hydrogen) atoms. The van der Waals surface area contributed by atoms with Gasteiger partial charge in [-0.15, -0.1) is 0 Å². The summed E-state index contributed by atoms with van der Waals surface area (Å²) in [6.45, 7) is 4.19. The zero-order valence-electron chi connectivity index (χ0n) is 37.5. The van der Waals surface area contributed by atoms with Crippen molar-refractivity contribution in [2.45, 2.75) is 276 Å². The van der Waals surface area contributed by atoms with Crippen LogP contribution in [0.25, 0.3) is 0 Å². The molecule has 0 aliphatic carbocycles. The summed E-state index contributed by atoms with van der Waals surface area (Å²) in [7, 11) is 0. The molecule has 0 fully saturated rings. The van der Waals surface area contributed by atoms with E-state index in [9.17, 15) is 20.1 Å². The Morgan fingerprint density at radius 3 is 1.09 bits per heavy atom. The van der Waals surface area contributed by atoms with E-state index in [0.717, 1.165) is 38.5 Å². The van der Waals surface area contributed by atoms with E-state index in [2.05, 4.69) is 43.5 Å². The van der Waals surface area contributed by atoms with Crippen molar-refractivity contribution in [1.29, 1.82) is 0 Å². The highest BCUT2D eigenvalue weighted by Crippen LogP contribution is 2.16. The number of aliphatic hydroxyl groups is 3. The van der Waals surface area contributed by atoms with E-state index in [4.69, 9.17) is 0 Å². The molecule has 0 bridgehead atoms. The number of hydrogen-bond donors (Lipinski definition) is 4. The van der Waals surface area contributed by atoms with Crippen molar-refractivity contribution in [1.82, 2.24) is 5.32 Å². The SMILES string of the molecule is CCCCCCCCCCC/C=C\CCCCCCCCC(O)C(=O)NC(CO)C(O)/C=C/CC/C=C/CCCCCCCCCCCCCCCCCCC. The molecule has 0 heterocycles. The second kappa shape index (κ2) is 46.3. The van der Waals surface area contributed by atoms with Crippen LogP contribution in [0.3, 0.4) is 0 Å². The lowest BCUT2D eigenvalue weighted by Crippen LogP contribution is -2.48. The maximum atomic E-state index is 12.5. The van der Waals surface area contributed by atoms with Crippen molar-refractivity contribution in [3.8, 4) is 0 Å². The maximum absolute atomic E-state index is 12.5. The molecule has 0 spiro atoms. The van der Waals surface area contributed by atoms with Gasteiger partial charge in [-0.3, -0.25) is 4.79 Å². The predicted octanol–water partition coefficient (Wildman–Crippen LogP) is 14.7. The van der Waals surface area contributed by atoms with Crippen molar-refractivity contribution in [3.63, 3.8) is 0 Å². The van der Waals surface area contributed by atoms with Crippen LogP contribution in [-0.2, 0) is 4.79 Å². The lowest BCUT2D eigenvalue weighted by Gasteiger charge is -2.21. The quantitative estimate of drug-likeness (QED) is 0.0365. The summed E-state index contributed by atoms with van der Waals surface area (Å²) in [6.07, 6.45) is 59.1. The van der Waals surface area contributed by atoms with Crippen LogP contribution >= 0.6 is 0 Å². The Morgan fingerprint density at radius 1 is 0.429 bits per heavy atom. The average molecular weight is 788 g/mol. The van der Waals surface area contributed by atoms with Crippen molar-refractivity contribution >= 4 is 5.91 Å². The molecular weight excluding hydrogens is 691 g/mol.